The number of rotatable bonds is 7. The van der Waals surface area contributed by atoms with E-state index >= 15 is 0 Å². The molecule has 0 bridgehead atoms. The highest BCUT2D eigenvalue weighted by molar-refractivity contribution is 6.12. The van der Waals surface area contributed by atoms with Gasteiger partial charge in [-0.3, -0.25) is 0 Å². The standard InChI is InChI=1S/C61H44N2/c1-61(2)54-31-13-9-26-48(54)49-38-36-45(40-55(49)61)63(58-34-16-12-28-51(58)53-30-18-22-42-21-17-29-47(60(42)53)41-19-5-3-6-20-41)56-32-14-10-25-46(56)43-35-37-52-50-27-11-15-33-57(50)62(59(52)39-43)44-23-7-4-8-24-44/h3-40H,1-2H3. The van der Waals surface area contributed by atoms with Gasteiger partial charge in [-0.05, 0) is 104 Å². The summed E-state index contributed by atoms with van der Waals surface area (Å²) in [6.45, 7) is 4.74. The number of anilines is 3. The highest BCUT2D eigenvalue weighted by atomic mass is 15.1. The summed E-state index contributed by atoms with van der Waals surface area (Å²) in [6, 6.07) is 84.8. The molecule has 0 saturated carbocycles. The molecule has 0 atom stereocenters. The van der Waals surface area contributed by atoms with Crippen LogP contribution in [0.15, 0.2) is 231 Å². The van der Waals surface area contributed by atoms with Crippen LogP contribution in [0.1, 0.15) is 25.0 Å². The Morgan fingerprint density at radius 3 is 1.75 bits per heavy atom. The van der Waals surface area contributed by atoms with Gasteiger partial charge >= 0.3 is 0 Å². The van der Waals surface area contributed by atoms with Gasteiger partial charge in [0.1, 0.15) is 0 Å². The second-order valence-corrected chi connectivity index (χ2v) is 17.3. The van der Waals surface area contributed by atoms with E-state index in [4.69, 9.17) is 0 Å². The maximum atomic E-state index is 2.52. The molecular formula is C61H44N2. The average molecular weight is 805 g/mol. The number of hydrogen-bond donors (Lipinski definition) is 0. The first kappa shape index (κ1) is 36.9. The zero-order chi connectivity index (χ0) is 42.1. The second-order valence-electron chi connectivity index (χ2n) is 17.3. The van der Waals surface area contributed by atoms with Crippen LogP contribution in [0.25, 0.3) is 82.8 Å². The van der Waals surface area contributed by atoms with E-state index in [1.165, 1.54) is 77.1 Å². The van der Waals surface area contributed by atoms with Crippen molar-refractivity contribution in [3.8, 4) is 50.2 Å². The fourth-order valence-corrected chi connectivity index (χ4v) is 10.5. The third kappa shape index (κ3) is 5.86. The van der Waals surface area contributed by atoms with Crippen LogP contribution in [-0.2, 0) is 5.41 Å². The van der Waals surface area contributed by atoms with E-state index in [0.717, 1.165) is 33.9 Å². The smallest absolute Gasteiger partial charge is 0.0547 e. The lowest BCUT2D eigenvalue weighted by Crippen LogP contribution is -2.17. The predicted molar refractivity (Wildman–Crippen MR) is 267 cm³/mol. The molecular weight excluding hydrogens is 761 g/mol. The quantitative estimate of drug-likeness (QED) is 0.156. The average Bonchev–Trinajstić information content (AvgIpc) is 3.79. The van der Waals surface area contributed by atoms with Crippen molar-refractivity contribution >= 4 is 49.6 Å². The molecule has 0 unspecified atom stereocenters. The van der Waals surface area contributed by atoms with Crippen molar-refractivity contribution in [3.05, 3.63) is 242 Å². The van der Waals surface area contributed by atoms with Gasteiger partial charge in [0.2, 0.25) is 0 Å². The lowest BCUT2D eigenvalue weighted by Gasteiger charge is -2.31. The molecule has 1 aromatic heterocycles. The molecule has 63 heavy (non-hydrogen) atoms. The number of aromatic nitrogens is 1. The van der Waals surface area contributed by atoms with E-state index in [1.54, 1.807) is 0 Å². The molecule has 1 heterocycles. The first-order chi connectivity index (χ1) is 31.0. The lowest BCUT2D eigenvalue weighted by atomic mass is 9.82. The summed E-state index contributed by atoms with van der Waals surface area (Å²) >= 11 is 0. The predicted octanol–water partition coefficient (Wildman–Crippen LogP) is 16.7. The summed E-state index contributed by atoms with van der Waals surface area (Å²) in [5, 5.41) is 4.95. The normalized spacial score (nSPS) is 12.7. The van der Waals surface area contributed by atoms with E-state index in [0.29, 0.717) is 0 Å². The molecule has 0 radical (unpaired) electrons. The van der Waals surface area contributed by atoms with E-state index in [1.807, 2.05) is 0 Å². The molecule has 0 fully saturated rings. The van der Waals surface area contributed by atoms with Crippen molar-refractivity contribution < 1.29 is 0 Å². The molecule has 2 heteroatoms. The van der Waals surface area contributed by atoms with Crippen LogP contribution in [0.4, 0.5) is 17.1 Å². The number of benzene rings is 10. The molecule has 2 nitrogen and oxygen atoms in total. The van der Waals surface area contributed by atoms with Gasteiger partial charge in [-0.2, -0.15) is 0 Å². The first-order valence-corrected chi connectivity index (χ1v) is 21.9. The molecule has 0 amide bonds. The van der Waals surface area contributed by atoms with Crippen LogP contribution >= 0.6 is 0 Å². The van der Waals surface area contributed by atoms with Crippen molar-refractivity contribution in [1.29, 1.82) is 0 Å². The molecule has 0 spiro atoms. The molecule has 1 aliphatic rings. The Morgan fingerprint density at radius 2 is 0.952 bits per heavy atom. The van der Waals surface area contributed by atoms with Crippen LogP contribution in [-0.4, -0.2) is 4.57 Å². The first-order valence-electron chi connectivity index (χ1n) is 21.9. The number of nitrogens with zero attached hydrogens (tertiary/aromatic N) is 2. The topological polar surface area (TPSA) is 8.17 Å². The van der Waals surface area contributed by atoms with Crippen LogP contribution in [0.3, 0.4) is 0 Å². The third-order valence-electron chi connectivity index (χ3n) is 13.4. The minimum Gasteiger partial charge on any atom is -0.309 e. The maximum Gasteiger partial charge on any atom is 0.0547 e. The van der Waals surface area contributed by atoms with Crippen LogP contribution in [0.2, 0.25) is 0 Å². The van der Waals surface area contributed by atoms with Crippen molar-refractivity contribution in [3.63, 3.8) is 0 Å². The van der Waals surface area contributed by atoms with E-state index < -0.39 is 0 Å². The molecule has 0 N–H and O–H groups in total. The van der Waals surface area contributed by atoms with Crippen molar-refractivity contribution in [1.82, 2.24) is 4.57 Å². The largest absolute Gasteiger partial charge is 0.309 e. The molecule has 10 aromatic carbocycles. The molecule has 0 saturated heterocycles. The lowest BCUT2D eigenvalue weighted by molar-refractivity contribution is 0.660. The van der Waals surface area contributed by atoms with Gasteiger partial charge in [0.15, 0.2) is 0 Å². The third-order valence-corrected chi connectivity index (χ3v) is 13.4. The minimum atomic E-state index is -0.164. The van der Waals surface area contributed by atoms with Gasteiger partial charge in [-0.1, -0.05) is 196 Å². The highest BCUT2D eigenvalue weighted by Crippen LogP contribution is 2.53. The number of para-hydroxylation sites is 4. The maximum absolute atomic E-state index is 2.52. The van der Waals surface area contributed by atoms with Crippen molar-refractivity contribution in [2.24, 2.45) is 0 Å². The Bertz CT molecular complexity index is 3530. The summed E-state index contributed by atoms with van der Waals surface area (Å²) < 4.78 is 2.41. The monoisotopic (exact) mass is 804 g/mol. The van der Waals surface area contributed by atoms with Gasteiger partial charge in [0.25, 0.3) is 0 Å². The fraction of sp³-hybridized carbons (Fsp3) is 0.0492. The highest BCUT2D eigenvalue weighted by Gasteiger charge is 2.36. The van der Waals surface area contributed by atoms with Gasteiger partial charge < -0.3 is 9.47 Å². The zero-order valence-electron chi connectivity index (χ0n) is 35.3. The summed E-state index contributed by atoms with van der Waals surface area (Å²) in [4.78, 5) is 2.52. The van der Waals surface area contributed by atoms with E-state index in [-0.39, 0.29) is 5.41 Å². The van der Waals surface area contributed by atoms with E-state index in [9.17, 15) is 0 Å². The minimum absolute atomic E-state index is 0.164. The summed E-state index contributed by atoms with van der Waals surface area (Å²) in [7, 11) is 0. The fourth-order valence-electron chi connectivity index (χ4n) is 10.5. The second kappa shape index (κ2) is 14.6. The Labute approximate surface area is 368 Å². The molecule has 1 aliphatic carbocycles. The number of fused-ring (bicyclic) bond motifs is 7. The van der Waals surface area contributed by atoms with Crippen LogP contribution in [0, 0.1) is 0 Å². The van der Waals surface area contributed by atoms with Gasteiger partial charge in [-0.25, -0.2) is 0 Å². The Morgan fingerprint density at radius 1 is 0.365 bits per heavy atom. The van der Waals surface area contributed by atoms with Gasteiger partial charge in [0.05, 0.1) is 22.4 Å². The SMILES string of the molecule is CC1(C)c2ccccc2-c2ccc(N(c3ccccc3-c3ccc4c5ccccc5n(-c5ccccc5)c4c3)c3ccccc3-c3cccc4cccc(-c5ccccc5)c34)cc21. The summed E-state index contributed by atoms with van der Waals surface area (Å²) in [5.74, 6) is 0. The van der Waals surface area contributed by atoms with Crippen molar-refractivity contribution in [2.75, 3.05) is 4.90 Å². The van der Waals surface area contributed by atoms with Crippen molar-refractivity contribution in [2.45, 2.75) is 19.3 Å². The Balaban J connectivity index is 1.12. The number of hydrogen-bond acceptors (Lipinski definition) is 1. The van der Waals surface area contributed by atoms with E-state index in [2.05, 4.69) is 254 Å². The molecule has 12 rings (SSSR count). The van der Waals surface area contributed by atoms with Gasteiger partial charge in [-0.15, -0.1) is 0 Å². The Kier molecular flexibility index (Phi) is 8.55. The van der Waals surface area contributed by atoms with Crippen LogP contribution < -0.4 is 4.90 Å². The zero-order valence-corrected chi connectivity index (χ0v) is 35.3. The molecule has 0 aliphatic heterocycles. The molecule has 298 valence electrons. The summed E-state index contributed by atoms with van der Waals surface area (Å²) in [5.41, 5.74) is 19.2. The van der Waals surface area contributed by atoms with Gasteiger partial charge in [0, 0.05) is 38.7 Å². The Hall–Kier alpha value is -7.94. The molecule has 11 aromatic rings. The summed E-state index contributed by atoms with van der Waals surface area (Å²) in [6.07, 6.45) is 0. The van der Waals surface area contributed by atoms with Crippen LogP contribution in [0.5, 0.6) is 0 Å².